The van der Waals surface area contributed by atoms with Gasteiger partial charge in [0.05, 0.1) is 5.92 Å². The van der Waals surface area contributed by atoms with Gasteiger partial charge in [0.2, 0.25) is 5.88 Å². The minimum Gasteiger partial charge on any atom is -0.440 e. The van der Waals surface area contributed by atoms with E-state index in [1.54, 1.807) is 11.8 Å². The molecule has 6 heteroatoms. The molecular weight excluding hydrogens is 411 g/mol. The normalized spacial score (nSPS) is 20.6. The first-order chi connectivity index (χ1) is 13.6. The molecule has 0 saturated heterocycles. The largest absolute Gasteiger partial charge is 0.440 e. The number of benzene rings is 2. The molecule has 2 N–H and O–H groups in total. The van der Waals surface area contributed by atoms with Crippen molar-refractivity contribution in [3.63, 3.8) is 0 Å². The van der Waals surface area contributed by atoms with Crippen LogP contribution in [0.1, 0.15) is 17.0 Å². The van der Waals surface area contributed by atoms with Gasteiger partial charge in [-0.05, 0) is 47.0 Å². The molecule has 2 heterocycles. The number of rotatable bonds is 2. The summed E-state index contributed by atoms with van der Waals surface area (Å²) in [7, 11) is 0. The predicted octanol–water partition coefficient (Wildman–Crippen LogP) is 5.89. The zero-order valence-electron chi connectivity index (χ0n) is 14.8. The number of halogens is 2. The summed E-state index contributed by atoms with van der Waals surface area (Å²) in [6.45, 7) is 0. The van der Waals surface area contributed by atoms with Gasteiger partial charge >= 0.3 is 0 Å². The molecule has 2 aliphatic heterocycles. The van der Waals surface area contributed by atoms with Gasteiger partial charge < -0.3 is 10.5 Å². The standard InChI is InChI=1S/C22H16Cl2N2OS/c23-16-5-1-13(2-6-16)9-15-11-28-12-19-20(14-3-7-17(24)8-4-14)18(10-25)22(26)27-21(15)19/h1-9,20H,11-12,26H2/b15-9+/t20-/m1/s1. The number of hydrogen-bond donors (Lipinski definition) is 1. The van der Waals surface area contributed by atoms with Crippen LogP contribution in [0.4, 0.5) is 0 Å². The fraction of sp³-hybridized carbons (Fsp3) is 0.136. The fourth-order valence-electron chi connectivity index (χ4n) is 3.45. The van der Waals surface area contributed by atoms with Crippen LogP contribution in [0, 0.1) is 11.3 Å². The maximum absolute atomic E-state index is 9.71. The molecule has 0 amide bonds. The molecule has 1 atom stereocenters. The Balaban J connectivity index is 1.82. The van der Waals surface area contributed by atoms with Gasteiger partial charge in [-0.15, -0.1) is 0 Å². The highest BCUT2D eigenvalue weighted by Gasteiger charge is 2.35. The molecule has 0 saturated carbocycles. The third-order valence-electron chi connectivity index (χ3n) is 4.75. The lowest BCUT2D eigenvalue weighted by molar-refractivity contribution is 0.288. The van der Waals surface area contributed by atoms with E-state index < -0.39 is 0 Å². The molecule has 3 nitrogen and oxygen atoms in total. The molecule has 0 aliphatic carbocycles. The molecule has 2 aromatic rings. The SMILES string of the molecule is N#CC1=C(N)OC2=C(CSC/C2=C\c2ccc(Cl)cc2)[C@@H]1c1ccc(Cl)cc1. The minimum absolute atomic E-state index is 0.162. The number of nitrogens with zero attached hydrogens (tertiary/aromatic N) is 1. The van der Waals surface area contributed by atoms with E-state index in [9.17, 15) is 5.26 Å². The topological polar surface area (TPSA) is 59.0 Å². The van der Waals surface area contributed by atoms with Crippen LogP contribution in [0.3, 0.4) is 0 Å². The van der Waals surface area contributed by atoms with Gasteiger partial charge in [0.1, 0.15) is 17.4 Å². The lowest BCUT2D eigenvalue weighted by Crippen LogP contribution is -2.25. The van der Waals surface area contributed by atoms with Crippen molar-refractivity contribution in [3.05, 3.63) is 98.1 Å². The van der Waals surface area contributed by atoms with Crippen LogP contribution >= 0.6 is 35.0 Å². The van der Waals surface area contributed by atoms with Crippen LogP contribution in [-0.2, 0) is 4.74 Å². The number of hydrogen-bond acceptors (Lipinski definition) is 4. The van der Waals surface area contributed by atoms with Crippen molar-refractivity contribution in [2.75, 3.05) is 11.5 Å². The van der Waals surface area contributed by atoms with E-state index in [-0.39, 0.29) is 11.8 Å². The maximum Gasteiger partial charge on any atom is 0.205 e. The second kappa shape index (κ2) is 7.97. The fourth-order valence-corrected chi connectivity index (χ4v) is 4.75. The van der Waals surface area contributed by atoms with E-state index in [1.165, 1.54) is 0 Å². The molecule has 0 bridgehead atoms. The van der Waals surface area contributed by atoms with E-state index in [2.05, 4.69) is 12.1 Å². The van der Waals surface area contributed by atoms with Crippen LogP contribution in [0.5, 0.6) is 0 Å². The summed E-state index contributed by atoms with van der Waals surface area (Å²) in [5.74, 6) is 2.29. The monoisotopic (exact) mass is 426 g/mol. The van der Waals surface area contributed by atoms with Crippen LogP contribution < -0.4 is 5.73 Å². The van der Waals surface area contributed by atoms with Crippen LogP contribution in [0.25, 0.3) is 6.08 Å². The van der Waals surface area contributed by atoms with Crippen LogP contribution in [0.2, 0.25) is 10.0 Å². The minimum atomic E-state index is -0.229. The molecule has 0 unspecified atom stereocenters. The number of nitrogens with two attached hydrogens (primary N) is 1. The number of allylic oxidation sites excluding steroid dienone is 2. The first-order valence-corrected chi connectivity index (χ1v) is 10.6. The Morgan fingerprint density at radius 1 is 1.04 bits per heavy atom. The molecule has 28 heavy (non-hydrogen) atoms. The molecule has 2 aliphatic rings. The highest BCUT2D eigenvalue weighted by Crippen LogP contribution is 2.45. The van der Waals surface area contributed by atoms with Crippen molar-refractivity contribution >= 4 is 41.0 Å². The molecule has 0 spiro atoms. The van der Waals surface area contributed by atoms with Gasteiger partial charge in [-0.2, -0.15) is 17.0 Å². The Morgan fingerprint density at radius 3 is 2.32 bits per heavy atom. The summed E-state index contributed by atoms with van der Waals surface area (Å²) in [5.41, 5.74) is 10.7. The lowest BCUT2D eigenvalue weighted by atomic mass is 9.82. The first-order valence-electron chi connectivity index (χ1n) is 8.67. The van der Waals surface area contributed by atoms with Crippen molar-refractivity contribution in [3.8, 4) is 6.07 Å². The second-order valence-electron chi connectivity index (χ2n) is 6.54. The summed E-state index contributed by atoms with van der Waals surface area (Å²) < 4.78 is 5.96. The van der Waals surface area contributed by atoms with E-state index in [0.717, 1.165) is 39.5 Å². The van der Waals surface area contributed by atoms with E-state index in [0.29, 0.717) is 15.6 Å². The third kappa shape index (κ3) is 3.66. The molecule has 0 aromatic heterocycles. The van der Waals surface area contributed by atoms with Gasteiger partial charge in [-0.25, -0.2) is 0 Å². The molecule has 0 fully saturated rings. The number of ether oxygens (including phenoxy) is 1. The van der Waals surface area contributed by atoms with Gasteiger partial charge in [-0.1, -0.05) is 47.5 Å². The second-order valence-corrected chi connectivity index (χ2v) is 8.40. The Morgan fingerprint density at radius 2 is 1.68 bits per heavy atom. The predicted molar refractivity (Wildman–Crippen MR) is 116 cm³/mol. The summed E-state index contributed by atoms with van der Waals surface area (Å²) in [6, 6.07) is 17.4. The molecular formula is C22H16Cl2N2OS. The van der Waals surface area contributed by atoms with E-state index >= 15 is 0 Å². The smallest absolute Gasteiger partial charge is 0.205 e. The summed E-state index contributed by atoms with van der Waals surface area (Å²) in [4.78, 5) is 0. The van der Waals surface area contributed by atoms with Gasteiger partial charge in [0.15, 0.2) is 0 Å². The zero-order valence-corrected chi connectivity index (χ0v) is 17.1. The van der Waals surface area contributed by atoms with Crippen molar-refractivity contribution in [1.82, 2.24) is 0 Å². The van der Waals surface area contributed by atoms with Crippen molar-refractivity contribution < 1.29 is 4.74 Å². The first kappa shape index (κ1) is 19.0. The Kier molecular flexibility index (Phi) is 5.41. The average Bonchev–Trinajstić information content (AvgIpc) is 2.70. The average molecular weight is 427 g/mol. The summed E-state index contributed by atoms with van der Waals surface area (Å²) >= 11 is 13.8. The van der Waals surface area contributed by atoms with Gasteiger partial charge in [0.25, 0.3) is 0 Å². The molecule has 140 valence electrons. The highest BCUT2D eigenvalue weighted by molar-refractivity contribution is 7.99. The zero-order chi connectivity index (χ0) is 19.7. The van der Waals surface area contributed by atoms with Gasteiger partial charge in [0, 0.05) is 27.1 Å². The Hall–Kier alpha value is -2.32. The van der Waals surface area contributed by atoms with Crippen LogP contribution in [0.15, 0.2) is 76.9 Å². The van der Waals surface area contributed by atoms with E-state index in [1.807, 2.05) is 48.5 Å². The van der Waals surface area contributed by atoms with Crippen molar-refractivity contribution in [2.24, 2.45) is 5.73 Å². The quantitative estimate of drug-likeness (QED) is 0.650. The van der Waals surface area contributed by atoms with Crippen molar-refractivity contribution in [2.45, 2.75) is 5.92 Å². The Bertz CT molecular complexity index is 1050. The Labute approximate surface area is 178 Å². The number of nitriles is 1. The summed E-state index contributed by atoms with van der Waals surface area (Å²) in [6.07, 6.45) is 2.08. The van der Waals surface area contributed by atoms with Crippen LogP contribution in [-0.4, -0.2) is 11.5 Å². The van der Waals surface area contributed by atoms with Crippen molar-refractivity contribution in [1.29, 1.82) is 5.26 Å². The lowest BCUT2D eigenvalue weighted by Gasteiger charge is -2.33. The third-order valence-corrected chi connectivity index (χ3v) is 6.28. The summed E-state index contributed by atoms with van der Waals surface area (Å²) in [5, 5.41) is 11.1. The maximum atomic E-state index is 9.71. The molecule has 2 aromatic carbocycles. The number of thioether (sulfide) groups is 1. The van der Waals surface area contributed by atoms with E-state index in [4.69, 9.17) is 33.7 Å². The molecule has 0 radical (unpaired) electrons. The van der Waals surface area contributed by atoms with Gasteiger partial charge in [-0.3, -0.25) is 0 Å². The molecule has 4 rings (SSSR count). The highest BCUT2D eigenvalue weighted by atomic mass is 35.5.